The fourth-order valence-electron chi connectivity index (χ4n) is 0.791. The van der Waals surface area contributed by atoms with Crippen molar-refractivity contribution in [2.75, 3.05) is 6.54 Å². The van der Waals surface area contributed by atoms with Crippen LogP contribution >= 0.6 is 11.3 Å². The van der Waals surface area contributed by atoms with Gasteiger partial charge in [-0.1, -0.05) is 5.92 Å². The lowest BCUT2D eigenvalue weighted by Gasteiger charge is -1.94. The van der Waals surface area contributed by atoms with Crippen LogP contribution in [0.4, 0.5) is 0 Å². The first-order valence-electron chi connectivity index (χ1n) is 3.50. The molecule has 0 aromatic carbocycles. The summed E-state index contributed by atoms with van der Waals surface area (Å²) < 4.78 is 0. The summed E-state index contributed by atoms with van der Waals surface area (Å²) in [5.41, 5.74) is 0. The lowest BCUT2D eigenvalue weighted by atomic mass is 10.4. The zero-order valence-corrected chi connectivity index (χ0v) is 7.32. The molecule has 1 heterocycles. The zero-order chi connectivity index (χ0) is 8.81. The van der Waals surface area contributed by atoms with Crippen molar-refractivity contribution in [1.29, 1.82) is 5.26 Å². The fraction of sp³-hybridized carbons (Fsp3) is 0.222. The maximum atomic E-state index is 8.53. The summed E-state index contributed by atoms with van der Waals surface area (Å²) in [4.78, 5) is 1.88. The molecule has 0 amide bonds. The lowest BCUT2D eigenvalue weighted by Crippen LogP contribution is -2.11. The molecule has 0 aliphatic carbocycles. The third kappa shape index (κ3) is 2.39. The summed E-state index contributed by atoms with van der Waals surface area (Å²) in [6.45, 7) is 1.32. The average molecular weight is 176 g/mol. The van der Waals surface area contributed by atoms with Crippen LogP contribution in [0.1, 0.15) is 9.75 Å². The van der Waals surface area contributed by atoms with Crippen molar-refractivity contribution in [3.8, 4) is 18.4 Å². The summed E-state index contributed by atoms with van der Waals surface area (Å²) in [5, 5.41) is 11.6. The van der Waals surface area contributed by atoms with Crippen molar-refractivity contribution in [2.24, 2.45) is 0 Å². The molecule has 0 aliphatic heterocycles. The number of nitriles is 1. The van der Waals surface area contributed by atoms with Crippen LogP contribution in [0.3, 0.4) is 0 Å². The number of nitrogens with zero attached hydrogens (tertiary/aromatic N) is 1. The molecule has 60 valence electrons. The molecule has 0 atom stereocenters. The number of thiophene rings is 1. The molecule has 0 radical (unpaired) electrons. The second-order valence-corrected chi connectivity index (χ2v) is 3.35. The fourth-order valence-corrected chi connectivity index (χ4v) is 1.57. The van der Waals surface area contributed by atoms with E-state index in [1.54, 1.807) is 0 Å². The Kier molecular flexibility index (Phi) is 3.35. The highest BCUT2D eigenvalue weighted by atomic mass is 32.1. The molecule has 0 bridgehead atoms. The van der Waals surface area contributed by atoms with Gasteiger partial charge >= 0.3 is 0 Å². The maximum absolute atomic E-state index is 8.53. The van der Waals surface area contributed by atoms with E-state index < -0.39 is 0 Å². The quantitative estimate of drug-likeness (QED) is 0.557. The SMILES string of the molecule is C#CCNCc1ccc(C#N)s1. The number of hydrogen-bond acceptors (Lipinski definition) is 3. The predicted molar refractivity (Wildman–Crippen MR) is 49.6 cm³/mol. The van der Waals surface area contributed by atoms with Gasteiger partial charge in [-0.05, 0) is 12.1 Å². The Labute approximate surface area is 75.8 Å². The lowest BCUT2D eigenvalue weighted by molar-refractivity contribution is 0.781. The van der Waals surface area contributed by atoms with Gasteiger partial charge in [0.2, 0.25) is 0 Å². The Morgan fingerprint density at radius 3 is 3.00 bits per heavy atom. The topological polar surface area (TPSA) is 35.8 Å². The monoisotopic (exact) mass is 176 g/mol. The third-order valence-electron chi connectivity index (χ3n) is 1.30. The average Bonchev–Trinajstić information content (AvgIpc) is 2.53. The van der Waals surface area contributed by atoms with Crippen LogP contribution < -0.4 is 5.32 Å². The van der Waals surface area contributed by atoms with Crippen molar-refractivity contribution in [3.05, 3.63) is 21.9 Å². The molecular weight excluding hydrogens is 168 g/mol. The van der Waals surface area contributed by atoms with E-state index in [0.717, 1.165) is 16.3 Å². The Bertz CT molecular complexity index is 327. The predicted octanol–water partition coefficient (Wildman–Crippen LogP) is 1.34. The van der Waals surface area contributed by atoms with Gasteiger partial charge in [-0.25, -0.2) is 0 Å². The first-order valence-corrected chi connectivity index (χ1v) is 4.31. The van der Waals surface area contributed by atoms with E-state index in [0.29, 0.717) is 6.54 Å². The van der Waals surface area contributed by atoms with E-state index in [-0.39, 0.29) is 0 Å². The summed E-state index contributed by atoms with van der Waals surface area (Å²) in [7, 11) is 0. The molecule has 1 aromatic rings. The molecule has 2 nitrogen and oxygen atoms in total. The van der Waals surface area contributed by atoms with Gasteiger partial charge in [-0.15, -0.1) is 17.8 Å². The first-order chi connectivity index (χ1) is 5.86. The Morgan fingerprint density at radius 1 is 1.58 bits per heavy atom. The van der Waals surface area contributed by atoms with Crippen LogP contribution in [0, 0.1) is 23.7 Å². The minimum atomic E-state index is 0.569. The van der Waals surface area contributed by atoms with Crippen LogP contribution in [0.25, 0.3) is 0 Å². The van der Waals surface area contributed by atoms with Gasteiger partial charge in [-0.3, -0.25) is 0 Å². The highest BCUT2D eigenvalue weighted by Crippen LogP contribution is 2.14. The molecular formula is C9H8N2S. The maximum Gasteiger partial charge on any atom is 0.110 e. The first kappa shape index (κ1) is 8.80. The normalized spacial score (nSPS) is 8.83. The molecule has 3 heteroatoms. The molecule has 1 rings (SSSR count). The Balaban J connectivity index is 2.44. The minimum absolute atomic E-state index is 0.569. The van der Waals surface area contributed by atoms with Crippen molar-refractivity contribution in [1.82, 2.24) is 5.32 Å². The van der Waals surface area contributed by atoms with E-state index in [1.165, 1.54) is 11.3 Å². The minimum Gasteiger partial charge on any atom is -0.301 e. The largest absolute Gasteiger partial charge is 0.301 e. The third-order valence-corrected chi connectivity index (χ3v) is 2.29. The number of terminal acetylenes is 1. The molecule has 0 fully saturated rings. The van der Waals surface area contributed by atoms with Gasteiger partial charge < -0.3 is 5.32 Å². The Hall–Kier alpha value is -1.29. The highest BCUT2D eigenvalue weighted by molar-refractivity contribution is 7.12. The molecule has 0 spiro atoms. The van der Waals surface area contributed by atoms with E-state index in [4.69, 9.17) is 11.7 Å². The molecule has 1 aromatic heterocycles. The van der Waals surface area contributed by atoms with Crippen LogP contribution in [-0.4, -0.2) is 6.54 Å². The van der Waals surface area contributed by atoms with Crippen LogP contribution in [0.2, 0.25) is 0 Å². The van der Waals surface area contributed by atoms with Crippen LogP contribution in [-0.2, 0) is 6.54 Å². The van der Waals surface area contributed by atoms with Crippen molar-refractivity contribution in [3.63, 3.8) is 0 Å². The molecule has 0 unspecified atom stereocenters. The molecule has 1 N–H and O–H groups in total. The Morgan fingerprint density at radius 2 is 2.42 bits per heavy atom. The van der Waals surface area contributed by atoms with Crippen molar-refractivity contribution in [2.45, 2.75) is 6.54 Å². The molecule has 0 aliphatic rings. The van der Waals surface area contributed by atoms with Gasteiger partial charge in [0.15, 0.2) is 0 Å². The molecule has 0 saturated heterocycles. The van der Waals surface area contributed by atoms with E-state index in [1.807, 2.05) is 12.1 Å². The van der Waals surface area contributed by atoms with Gasteiger partial charge in [0, 0.05) is 11.4 Å². The summed E-state index contributed by atoms with van der Waals surface area (Å²) in [6.07, 6.45) is 5.06. The second-order valence-electron chi connectivity index (χ2n) is 2.19. The summed E-state index contributed by atoms with van der Waals surface area (Å²) in [6, 6.07) is 5.84. The van der Waals surface area contributed by atoms with Gasteiger partial charge in [0.1, 0.15) is 10.9 Å². The van der Waals surface area contributed by atoms with Gasteiger partial charge in [0.05, 0.1) is 6.54 Å². The van der Waals surface area contributed by atoms with E-state index in [2.05, 4.69) is 17.3 Å². The molecule has 12 heavy (non-hydrogen) atoms. The van der Waals surface area contributed by atoms with E-state index >= 15 is 0 Å². The standard InChI is InChI=1S/C9H8N2S/c1-2-5-11-7-9-4-3-8(6-10)12-9/h1,3-4,11H,5,7H2. The number of hydrogen-bond donors (Lipinski definition) is 1. The van der Waals surface area contributed by atoms with Crippen molar-refractivity contribution < 1.29 is 0 Å². The summed E-state index contributed by atoms with van der Waals surface area (Å²) >= 11 is 1.49. The van der Waals surface area contributed by atoms with E-state index in [9.17, 15) is 0 Å². The van der Waals surface area contributed by atoms with Gasteiger partial charge in [-0.2, -0.15) is 5.26 Å². The van der Waals surface area contributed by atoms with Crippen molar-refractivity contribution >= 4 is 11.3 Å². The number of nitrogens with one attached hydrogen (secondary N) is 1. The summed E-state index contributed by atoms with van der Waals surface area (Å²) in [5.74, 6) is 2.49. The number of rotatable bonds is 3. The van der Waals surface area contributed by atoms with Crippen LogP contribution in [0.5, 0.6) is 0 Å². The zero-order valence-electron chi connectivity index (χ0n) is 6.50. The smallest absolute Gasteiger partial charge is 0.110 e. The van der Waals surface area contributed by atoms with Crippen LogP contribution in [0.15, 0.2) is 12.1 Å². The van der Waals surface area contributed by atoms with Gasteiger partial charge in [0.25, 0.3) is 0 Å². The molecule has 0 saturated carbocycles. The second kappa shape index (κ2) is 4.56. The highest BCUT2D eigenvalue weighted by Gasteiger charge is 1.96.